The average Bonchev–Trinajstić information content (AvgIpc) is 2.36. The Morgan fingerprint density at radius 1 is 1.45 bits per heavy atom. The van der Waals surface area contributed by atoms with Gasteiger partial charge in [0, 0.05) is 6.54 Å². The second-order valence-corrected chi connectivity index (χ2v) is 4.35. The minimum absolute atomic E-state index is 0.0433. The van der Waals surface area contributed by atoms with E-state index in [1.807, 2.05) is 6.07 Å². The molecule has 1 unspecified atom stereocenters. The van der Waals surface area contributed by atoms with Gasteiger partial charge in [-0.3, -0.25) is 4.90 Å². The van der Waals surface area contributed by atoms with Crippen LogP contribution in [0, 0.1) is 11.3 Å². The van der Waals surface area contributed by atoms with E-state index >= 15 is 0 Å². The summed E-state index contributed by atoms with van der Waals surface area (Å²) in [5, 5.41) is 18.1. The van der Waals surface area contributed by atoms with Crippen molar-refractivity contribution in [3.05, 3.63) is 29.8 Å². The number of ether oxygens (including phenoxy) is 1. The van der Waals surface area contributed by atoms with Crippen molar-refractivity contribution in [1.29, 1.82) is 5.26 Å². The number of hydrogen-bond donors (Lipinski definition) is 1. The lowest BCUT2D eigenvalue weighted by atomic mass is 10.2. The van der Waals surface area contributed by atoms with Crippen LogP contribution in [0.1, 0.15) is 5.56 Å². The molecule has 1 rings (SSSR count). The van der Waals surface area contributed by atoms with Crippen molar-refractivity contribution in [2.24, 2.45) is 0 Å². The normalized spacial score (nSPS) is 13.1. The molecular formula is C13H15F3N2O2. The Balaban J connectivity index is 2.52. The molecular weight excluding hydrogens is 273 g/mol. The molecule has 7 heteroatoms. The van der Waals surface area contributed by atoms with Crippen molar-refractivity contribution in [2.45, 2.75) is 12.3 Å². The van der Waals surface area contributed by atoms with Gasteiger partial charge in [-0.1, -0.05) is 6.07 Å². The number of rotatable bonds is 6. The first-order valence-corrected chi connectivity index (χ1v) is 5.86. The highest BCUT2D eigenvalue weighted by molar-refractivity contribution is 5.30. The molecule has 1 N–H and O–H groups in total. The van der Waals surface area contributed by atoms with E-state index in [4.69, 9.17) is 10.00 Å². The van der Waals surface area contributed by atoms with Crippen molar-refractivity contribution in [1.82, 2.24) is 4.90 Å². The van der Waals surface area contributed by atoms with E-state index in [1.54, 1.807) is 11.9 Å². The predicted octanol–water partition coefficient (Wildman–Crippen LogP) is 1.90. The van der Waals surface area contributed by atoms with Crippen LogP contribution in [0.5, 0.6) is 5.75 Å². The van der Waals surface area contributed by atoms with Gasteiger partial charge in [0.1, 0.15) is 18.5 Å². The third kappa shape index (κ3) is 5.47. The number of benzene rings is 1. The number of hydrogen-bond acceptors (Lipinski definition) is 4. The number of halogens is 3. The van der Waals surface area contributed by atoms with Crippen LogP contribution >= 0.6 is 0 Å². The van der Waals surface area contributed by atoms with Crippen molar-refractivity contribution in [3.63, 3.8) is 0 Å². The molecule has 1 aromatic rings. The van der Waals surface area contributed by atoms with E-state index in [1.165, 1.54) is 12.1 Å². The summed E-state index contributed by atoms with van der Waals surface area (Å²) in [5.41, 5.74) is -0.800. The third-order valence-corrected chi connectivity index (χ3v) is 2.47. The standard InChI is InChI=1S/C13H15F3N2O2/c1-18(6-5-17)8-11(19)9-20-12-4-2-3-10(7-12)13(14,15)16/h2-4,7,11,19H,6,8-9H2,1H3. The van der Waals surface area contributed by atoms with Gasteiger partial charge in [0.15, 0.2) is 0 Å². The number of aliphatic hydroxyl groups excluding tert-OH is 1. The van der Waals surface area contributed by atoms with Crippen molar-refractivity contribution >= 4 is 0 Å². The van der Waals surface area contributed by atoms with Gasteiger partial charge in [0.25, 0.3) is 0 Å². The lowest BCUT2D eigenvalue weighted by Crippen LogP contribution is -2.33. The predicted molar refractivity (Wildman–Crippen MR) is 66.1 cm³/mol. The zero-order valence-corrected chi connectivity index (χ0v) is 10.9. The first-order valence-electron chi connectivity index (χ1n) is 5.86. The Kier molecular flexibility index (Phi) is 5.80. The number of alkyl halides is 3. The molecule has 0 saturated carbocycles. The van der Waals surface area contributed by atoms with Gasteiger partial charge in [-0.2, -0.15) is 18.4 Å². The van der Waals surface area contributed by atoms with Crippen LogP contribution in [0.2, 0.25) is 0 Å². The van der Waals surface area contributed by atoms with Gasteiger partial charge in [-0.25, -0.2) is 0 Å². The maximum Gasteiger partial charge on any atom is 0.416 e. The highest BCUT2D eigenvalue weighted by atomic mass is 19.4. The Bertz CT molecular complexity index is 471. The van der Waals surface area contributed by atoms with Gasteiger partial charge in [0.2, 0.25) is 0 Å². The first-order chi connectivity index (χ1) is 9.32. The molecule has 1 atom stereocenters. The number of nitrogens with zero attached hydrogens (tertiary/aromatic N) is 2. The lowest BCUT2D eigenvalue weighted by molar-refractivity contribution is -0.137. The zero-order valence-electron chi connectivity index (χ0n) is 10.9. The molecule has 0 spiro atoms. The monoisotopic (exact) mass is 288 g/mol. The van der Waals surface area contributed by atoms with Crippen LogP contribution in [0.3, 0.4) is 0 Å². The molecule has 0 aliphatic heterocycles. The van der Waals surface area contributed by atoms with Crippen molar-refractivity contribution in [2.75, 3.05) is 26.7 Å². The second-order valence-electron chi connectivity index (χ2n) is 4.35. The maximum atomic E-state index is 12.5. The Hall–Kier alpha value is -1.78. The van der Waals surface area contributed by atoms with E-state index < -0.39 is 17.8 Å². The molecule has 0 saturated heterocycles. The van der Waals surface area contributed by atoms with Gasteiger partial charge in [-0.15, -0.1) is 0 Å². The summed E-state index contributed by atoms with van der Waals surface area (Å²) in [4.78, 5) is 1.58. The fourth-order valence-electron chi connectivity index (χ4n) is 1.55. The van der Waals surface area contributed by atoms with Gasteiger partial charge in [-0.05, 0) is 25.2 Å². The zero-order chi connectivity index (χ0) is 15.2. The van der Waals surface area contributed by atoms with Gasteiger partial charge in [0.05, 0.1) is 18.2 Å². The summed E-state index contributed by atoms with van der Waals surface area (Å²) in [7, 11) is 1.65. The molecule has 1 aromatic carbocycles. The summed E-state index contributed by atoms with van der Waals surface area (Å²) in [5.74, 6) is 0.0433. The van der Waals surface area contributed by atoms with Crippen LogP contribution in [-0.4, -0.2) is 42.9 Å². The van der Waals surface area contributed by atoms with Crippen LogP contribution in [0.25, 0.3) is 0 Å². The molecule has 0 fully saturated rings. The lowest BCUT2D eigenvalue weighted by Gasteiger charge is -2.18. The van der Waals surface area contributed by atoms with E-state index in [9.17, 15) is 18.3 Å². The topological polar surface area (TPSA) is 56.5 Å². The highest BCUT2D eigenvalue weighted by Crippen LogP contribution is 2.31. The second kappa shape index (κ2) is 7.12. The summed E-state index contributed by atoms with van der Waals surface area (Å²) in [6.07, 6.45) is -5.31. The highest BCUT2D eigenvalue weighted by Gasteiger charge is 2.30. The van der Waals surface area contributed by atoms with Gasteiger partial charge < -0.3 is 9.84 Å². The summed E-state index contributed by atoms with van der Waals surface area (Å²) in [6, 6.07) is 6.38. The van der Waals surface area contributed by atoms with E-state index in [2.05, 4.69) is 0 Å². The molecule has 0 amide bonds. The van der Waals surface area contributed by atoms with E-state index in [-0.39, 0.29) is 25.4 Å². The Morgan fingerprint density at radius 3 is 2.75 bits per heavy atom. The largest absolute Gasteiger partial charge is 0.491 e. The third-order valence-electron chi connectivity index (χ3n) is 2.47. The Morgan fingerprint density at radius 2 is 2.15 bits per heavy atom. The van der Waals surface area contributed by atoms with Crippen LogP contribution in [-0.2, 0) is 6.18 Å². The smallest absolute Gasteiger partial charge is 0.416 e. The number of nitriles is 1. The van der Waals surface area contributed by atoms with Crippen LogP contribution in [0.4, 0.5) is 13.2 Å². The van der Waals surface area contributed by atoms with Crippen LogP contribution < -0.4 is 4.74 Å². The molecule has 0 bridgehead atoms. The summed E-state index contributed by atoms with van der Waals surface area (Å²) >= 11 is 0. The molecule has 0 aromatic heterocycles. The van der Waals surface area contributed by atoms with Crippen molar-refractivity contribution < 1.29 is 23.0 Å². The summed E-state index contributed by atoms with van der Waals surface area (Å²) < 4.78 is 42.6. The molecule has 20 heavy (non-hydrogen) atoms. The molecule has 0 aliphatic carbocycles. The number of likely N-dealkylation sites (N-methyl/N-ethyl adjacent to an activating group) is 1. The summed E-state index contributed by atoms with van der Waals surface area (Å²) in [6.45, 7) is 0.213. The SMILES string of the molecule is CN(CC#N)CC(O)COc1cccc(C(F)(F)F)c1. The Labute approximate surface area is 115 Å². The minimum Gasteiger partial charge on any atom is -0.491 e. The van der Waals surface area contributed by atoms with E-state index in [0.29, 0.717) is 0 Å². The van der Waals surface area contributed by atoms with E-state index in [0.717, 1.165) is 12.1 Å². The minimum atomic E-state index is -4.43. The first kappa shape index (κ1) is 16.3. The molecule has 4 nitrogen and oxygen atoms in total. The molecule has 0 aliphatic rings. The fourth-order valence-corrected chi connectivity index (χ4v) is 1.55. The number of aliphatic hydroxyl groups is 1. The van der Waals surface area contributed by atoms with Crippen LogP contribution in [0.15, 0.2) is 24.3 Å². The maximum absolute atomic E-state index is 12.5. The molecule has 110 valence electrons. The van der Waals surface area contributed by atoms with Gasteiger partial charge >= 0.3 is 6.18 Å². The van der Waals surface area contributed by atoms with Crippen molar-refractivity contribution in [3.8, 4) is 11.8 Å². The average molecular weight is 288 g/mol. The fraction of sp³-hybridized carbons (Fsp3) is 0.462. The quantitative estimate of drug-likeness (QED) is 0.812. The molecule has 0 heterocycles. The molecule has 0 radical (unpaired) electrons.